The van der Waals surface area contributed by atoms with Crippen LogP contribution in [0.25, 0.3) is 0 Å². The zero-order chi connectivity index (χ0) is 14.5. The molecule has 2 aromatic rings. The van der Waals surface area contributed by atoms with Gasteiger partial charge in [0.05, 0.1) is 0 Å². The van der Waals surface area contributed by atoms with E-state index in [1.807, 2.05) is 0 Å². The number of nitrogens with zero attached hydrogens (tertiary/aromatic N) is 2. The minimum Gasteiger partial charge on any atom is -0.489 e. The van der Waals surface area contributed by atoms with Gasteiger partial charge in [-0.25, -0.2) is 8.78 Å². The number of ether oxygens (including phenoxy) is 1. The summed E-state index contributed by atoms with van der Waals surface area (Å²) in [6.45, 7) is -0.0255. The quantitative estimate of drug-likeness (QED) is 0.388. The standard InChI is InChI=1S/C13H11F2N3O2/c14-9-4-10(15)6-11(5-9)20-7-8-2-1-3-17-12(8)13(16)18-19/h1-6,19H,7H2,(H2,16,18). The van der Waals surface area contributed by atoms with E-state index in [0.29, 0.717) is 5.56 Å². The van der Waals surface area contributed by atoms with Crippen molar-refractivity contribution in [3.63, 3.8) is 0 Å². The first-order valence-corrected chi connectivity index (χ1v) is 5.61. The van der Waals surface area contributed by atoms with Gasteiger partial charge in [-0.15, -0.1) is 0 Å². The van der Waals surface area contributed by atoms with E-state index in [9.17, 15) is 8.78 Å². The molecule has 7 heteroatoms. The second kappa shape index (κ2) is 5.96. The van der Waals surface area contributed by atoms with Gasteiger partial charge in [0.15, 0.2) is 5.84 Å². The summed E-state index contributed by atoms with van der Waals surface area (Å²) in [4.78, 5) is 3.95. The van der Waals surface area contributed by atoms with Crippen LogP contribution in [0.4, 0.5) is 8.78 Å². The van der Waals surface area contributed by atoms with Crippen molar-refractivity contribution >= 4 is 5.84 Å². The number of rotatable bonds is 4. The second-order valence-electron chi connectivity index (χ2n) is 3.89. The Labute approximate surface area is 113 Å². The highest BCUT2D eigenvalue weighted by Gasteiger charge is 2.09. The molecule has 1 aromatic heterocycles. The van der Waals surface area contributed by atoms with E-state index in [-0.39, 0.29) is 23.9 Å². The molecule has 0 unspecified atom stereocenters. The highest BCUT2D eigenvalue weighted by atomic mass is 19.1. The number of aromatic nitrogens is 1. The summed E-state index contributed by atoms with van der Waals surface area (Å²) in [6.07, 6.45) is 1.47. The minimum absolute atomic E-state index is 0.0255. The first-order valence-electron chi connectivity index (χ1n) is 5.61. The largest absolute Gasteiger partial charge is 0.489 e. The number of benzene rings is 1. The van der Waals surface area contributed by atoms with E-state index in [4.69, 9.17) is 15.7 Å². The smallest absolute Gasteiger partial charge is 0.189 e. The number of amidine groups is 1. The average Bonchev–Trinajstić information content (AvgIpc) is 2.43. The molecule has 0 saturated heterocycles. The molecule has 0 aliphatic heterocycles. The fraction of sp³-hybridized carbons (Fsp3) is 0.0769. The summed E-state index contributed by atoms with van der Waals surface area (Å²) < 4.78 is 31.3. The molecule has 0 aliphatic rings. The maximum absolute atomic E-state index is 13.0. The Kier molecular flexibility index (Phi) is 4.09. The van der Waals surface area contributed by atoms with E-state index < -0.39 is 11.6 Å². The molecular formula is C13H11F2N3O2. The Morgan fingerprint density at radius 3 is 2.65 bits per heavy atom. The van der Waals surface area contributed by atoms with E-state index >= 15 is 0 Å². The van der Waals surface area contributed by atoms with Crippen LogP contribution in [0.3, 0.4) is 0 Å². The Bertz CT molecular complexity index is 627. The summed E-state index contributed by atoms with van der Waals surface area (Å²) in [7, 11) is 0. The van der Waals surface area contributed by atoms with E-state index in [2.05, 4.69) is 10.1 Å². The van der Waals surface area contributed by atoms with Crippen molar-refractivity contribution in [1.82, 2.24) is 4.98 Å². The van der Waals surface area contributed by atoms with Crippen LogP contribution >= 0.6 is 0 Å². The minimum atomic E-state index is -0.733. The number of hydrogen-bond acceptors (Lipinski definition) is 4. The molecule has 3 N–H and O–H groups in total. The molecule has 0 radical (unpaired) electrons. The molecule has 0 saturated carbocycles. The summed E-state index contributed by atoms with van der Waals surface area (Å²) in [6, 6.07) is 6.15. The van der Waals surface area contributed by atoms with Gasteiger partial charge in [0, 0.05) is 30.0 Å². The van der Waals surface area contributed by atoms with Crippen molar-refractivity contribution in [2.75, 3.05) is 0 Å². The SMILES string of the molecule is NC(=NO)c1ncccc1COc1cc(F)cc(F)c1. The average molecular weight is 279 g/mol. The highest BCUT2D eigenvalue weighted by molar-refractivity contribution is 5.96. The van der Waals surface area contributed by atoms with Gasteiger partial charge >= 0.3 is 0 Å². The molecule has 1 heterocycles. The maximum Gasteiger partial charge on any atom is 0.189 e. The van der Waals surface area contributed by atoms with E-state index in [0.717, 1.165) is 18.2 Å². The predicted octanol–water partition coefficient (Wildman–Crippen LogP) is 2.03. The number of oxime groups is 1. The molecule has 2 rings (SSSR count). The molecule has 20 heavy (non-hydrogen) atoms. The lowest BCUT2D eigenvalue weighted by molar-refractivity contribution is 0.301. The lowest BCUT2D eigenvalue weighted by Gasteiger charge is -2.09. The van der Waals surface area contributed by atoms with Gasteiger partial charge in [-0.1, -0.05) is 11.2 Å². The molecule has 0 aliphatic carbocycles. The zero-order valence-corrected chi connectivity index (χ0v) is 10.3. The molecule has 0 spiro atoms. The van der Waals surface area contributed by atoms with Gasteiger partial charge in [0.1, 0.15) is 29.7 Å². The zero-order valence-electron chi connectivity index (χ0n) is 10.3. The van der Waals surface area contributed by atoms with E-state index in [1.54, 1.807) is 12.1 Å². The van der Waals surface area contributed by atoms with Crippen LogP contribution in [0.5, 0.6) is 5.75 Å². The fourth-order valence-electron chi connectivity index (χ4n) is 1.61. The molecular weight excluding hydrogens is 268 g/mol. The molecule has 5 nitrogen and oxygen atoms in total. The fourth-order valence-corrected chi connectivity index (χ4v) is 1.61. The van der Waals surface area contributed by atoms with Crippen LogP contribution in [0.15, 0.2) is 41.7 Å². The maximum atomic E-state index is 13.0. The summed E-state index contributed by atoms with van der Waals surface area (Å²) in [5.74, 6) is -1.60. The molecule has 104 valence electrons. The van der Waals surface area contributed by atoms with Crippen LogP contribution in [0.1, 0.15) is 11.3 Å². The summed E-state index contributed by atoms with van der Waals surface area (Å²) in [5, 5.41) is 11.5. The monoisotopic (exact) mass is 279 g/mol. The Morgan fingerprint density at radius 1 is 1.30 bits per heavy atom. The first kappa shape index (κ1) is 13.7. The van der Waals surface area contributed by atoms with Gasteiger partial charge in [0.25, 0.3) is 0 Å². The molecule has 0 amide bonds. The van der Waals surface area contributed by atoms with Crippen molar-refractivity contribution in [3.05, 3.63) is 59.4 Å². The lowest BCUT2D eigenvalue weighted by atomic mass is 10.2. The molecule has 0 fully saturated rings. The molecule has 0 atom stereocenters. The van der Waals surface area contributed by atoms with Crippen LogP contribution in [0.2, 0.25) is 0 Å². The van der Waals surface area contributed by atoms with E-state index in [1.165, 1.54) is 6.20 Å². The van der Waals surface area contributed by atoms with Crippen LogP contribution in [-0.4, -0.2) is 16.0 Å². The van der Waals surface area contributed by atoms with Gasteiger partial charge < -0.3 is 15.7 Å². The van der Waals surface area contributed by atoms with Crippen molar-refractivity contribution < 1.29 is 18.7 Å². The van der Waals surface area contributed by atoms with Crippen molar-refractivity contribution in [3.8, 4) is 5.75 Å². The number of nitrogens with two attached hydrogens (primary N) is 1. The number of pyridine rings is 1. The van der Waals surface area contributed by atoms with Crippen LogP contribution in [-0.2, 0) is 6.61 Å². The molecule has 0 bridgehead atoms. The topological polar surface area (TPSA) is 80.7 Å². The van der Waals surface area contributed by atoms with Gasteiger partial charge in [0.2, 0.25) is 0 Å². The number of hydrogen-bond donors (Lipinski definition) is 2. The van der Waals surface area contributed by atoms with Crippen LogP contribution in [0, 0.1) is 11.6 Å². The summed E-state index contributed by atoms with van der Waals surface area (Å²) in [5.41, 5.74) is 6.24. The predicted molar refractivity (Wildman–Crippen MR) is 67.4 cm³/mol. The Morgan fingerprint density at radius 2 is 2.00 bits per heavy atom. The Hall–Kier alpha value is -2.70. The third-order valence-electron chi connectivity index (χ3n) is 2.47. The normalized spacial score (nSPS) is 11.4. The van der Waals surface area contributed by atoms with Crippen molar-refractivity contribution in [2.24, 2.45) is 10.9 Å². The van der Waals surface area contributed by atoms with Crippen molar-refractivity contribution in [2.45, 2.75) is 6.61 Å². The van der Waals surface area contributed by atoms with Gasteiger partial charge in [-0.3, -0.25) is 4.98 Å². The van der Waals surface area contributed by atoms with Gasteiger partial charge in [-0.05, 0) is 6.07 Å². The number of halogens is 2. The lowest BCUT2D eigenvalue weighted by Crippen LogP contribution is -2.18. The van der Waals surface area contributed by atoms with Gasteiger partial charge in [-0.2, -0.15) is 0 Å². The highest BCUT2D eigenvalue weighted by Crippen LogP contribution is 2.17. The molecule has 1 aromatic carbocycles. The summed E-state index contributed by atoms with van der Waals surface area (Å²) >= 11 is 0. The van der Waals surface area contributed by atoms with Crippen LogP contribution < -0.4 is 10.5 Å². The first-order chi connectivity index (χ1) is 9.60. The third-order valence-corrected chi connectivity index (χ3v) is 2.47. The third kappa shape index (κ3) is 3.19. The van der Waals surface area contributed by atoms with Crippen molar-refractivity contribution in [1.29, 1.82) is 0 Å². The second-order valence-corrected chi connectivity index (χ2v) is 3.89. The Balaban J connectivity index is 2.19.